The van der Waals surface area contributed by atoms with E-state index in [2.05, 4.69) is 10.1 Å². The summed E-state index contributed by atoms with van der Waals surface area (Å²) >= 11 is 12.6. The van der Waals surface area contributed by atoms with E-state index < -0.39 is 0 Å². The molecule has 0 spiro atoms. The second-order valence-electron chi connectivity index (χ2n) is 6.43. The van der Waals surface area contributed by atoms with Gasteiger partial charge in [0, 0.05) is 5.56 Å². The van der Waals surface area contributed by atoms with Crippen molar-refractivity contribution >= 4 is 40.3 Å². The molecule has 3 aromatic carbocycles. The monoisotopic (exact) mass is 437 g/mol. The van der Waals surface area contributed by atoms with E-state index in [4.69, 9.17) is 27.9 Å². The van der Waals surface area contributed by atoms with Gasteiger partial charge in [0.15, 0.2) is 11.6 Å². The van der Waals surface area contributed by atoms with Crippen LogP contribution >= 0.6 is 23.2 Å². The first-order valence-corrected chi connectivity index (χ1v) is 10.1. The lowest BCUT2D eigenvalue weighted by Gasteiger charge is -2.10. The molecule has 0 saturated heterocycles. The van der Waals surface area contributed by atoms with E-state index >= 15 is 0 Å². The number of halogens is 2. The van der Waals surface area contributed by atoms with Crippen LogP contribution in [0.5, 0.6) is 5.75 Å². The first-order chi connectivity index (χ1) is 14.6. The van der Waals surface area contributed by atoms with E-state index in [0.29, 0.717) is 44.7 Å². The first-order valence-electron chi connectivity index (χ1n) is 9.32. The van der Waals surface area contributed by atoms with Crippen LogP contribution in [0.4, 0.5) is 0 Å². The van der Waals surface area contributed by atoms with Crippen molar-refractivity contribution < 1.29 is 4.74 Å². The highest BCUT2D eigenvalue weighted by molar-refractivity contribution is 6.37. The van der Waals surface area contributed by atoms with E-state index in [1.165, 1.54) is 10.9 Å². The molecule has 1 aromatic heterocycles. The fourth-order valence-corrected chi connectivity index (χ4v) is 3.68. The summed E-state index contributed by atoms with van der Waals surface area (Å²) in [6, 6.07) is 20.0. The average molecular weight is 438 g/mol. The zero-order valence-electron chi connectivity index (χ0n) is 16.0. The van der Waals surface area contributed by atoms with Gasteiger partial charge in [-0.3, -0.25) is 4.79 Å². The standard InChI is InChI=1S/C23H17Cl2N3O2/c1-2-30-21-18(24)12-15(13-19(21)25)14-26-28-22(16-8-4-3-5-9-16)27-20-11-7-6-10-17(20)23(28)29/h3-14H,2H2,1H3. The molecule has 0 bridgehead atoms. The van der Waals surface area contributed by atoms with Crippen molar-refractivity contribution in [3.63, 3.8) is 0 Å². The summed E-state index contributed by atoms with van der Waals surface area (Å²) in [6.45, 7) is 2.30. The molecule has 0 aliphatic rings. The quantitative estimate of drug-likeness (QED) is 0.379. The number of fused-ring (bicyclic) bond motifs is 1. The lowest BCUT2D eigenvalue weighted by molar-refractivity contribution is 0.340. The zero-order chi connectivity index (χ0) is 21.1. The molecule has 4 rings (SSSR count). The van der Waals surface area contributed by atoms with Gasteiger partial charge in [-0.05, 0) is 36.8 Å². The molecule has 0 amide bonds. The summed E-state index contributed by atoms with van der Waals surface area (Å²) < 4.78 is 6.74. The van der Waals surface area contributed by atoms with E-state index in [1.807, 2.05) is 49.4 Å². The Kier molecular flexibility index (Phi) is 5.84. The molecule has 0 aliphatic heterocycles. The fraction of sp³-hybridized carbons (Fsp3) is 0.0870. The predicted molar refractivity (Wildman–Crippen MR) is 122 cm³/mol. The molecule has 1 heterocycles. The van der Waals surface area contributed by atoms with Crippen molar-refractivity contribution in [2.75, 3.05) is 6.61 Å². The summed E-state index contributed by atoms with van der Waals surface area (Å²) in [4.78, 5) is 17.8. The van der Waals surface area contributed by atoms with Crippen molar-refractivity contribution in [2.24, 2.45) is 5.10 Å². The maximum atomic E-state index is 13.2. The maximum absolute atomic E-state index is 13.2. The Balaban J connectivity index is 1.86. The molecule has 0 radical (unpaired) electrons. The van der Waals surface area contributed by atoms with Gasteiger partial charge >= 0.3 is 0 Å². The van der Waals surface area contributed by atoms with Gasteiger partial charge in [0.2, 0.25) is 0 Å². The van der Waals surface area contributed by atoms with Crippen LogP contribution in [-0.4, -0.2) is 22.5 Å². The molecule has 0 aliphatic carbocycles. The minimum atomic E-state index is -0.265. The first kappa shape index (κ1) is 20.1. The Labute approximate surface area is 183 Å². The largest absolute Gasteiger partial charge is 0.491 e. The van der Waals surface area contributed by atoms with Crippen molar-refractivity contribution in [1.82, 2.24) is 9.66 Å². The number of nitrogens with zero attached hydrogens (tertiary/aromatic N) is 3. The van der Waals surface area contributed by atoms with Gasteiger partial charge in [0.1, 0.15) is 0 Å². The Morgan fingerprint density at radius 3 is 2.40 bits per heavy atom. The second-order valence-corrected chi connectivity index (χ2v) is 7.24. The highest BCUT2D eigenvalue weighted by atomic mass is 35.5. The molecule has 0 N–H and O–H groups in total. The highest BCUT2D eigenvalue weighted by Crippen LogP contribution is 2.33. The molecule has 0 saturated carbocycles. The van der Waals surface area contributed by atoms with Crippen molar-refractivity contribution in [3.05, 3.63) is 92.7 Å². The number of aromatic nitrogens is 2. The number of hydrogen-bond acceptors (Lipinski definition) is 4. The second kappa shape index (κ2) is 8.69. The summed E-state index contributed by atoms with van der Waals surface area (Å²) in [5, 5.41) is 5.65. The minimum absolute atomic E-state index is 0.265. The minimum Gasteiger partial charge on any atom is -0.491 e. The van der Waals surface area contributed by atoms with E-state index in [0.717, 1.165) is 5.56 Å². The third kappa shape index (κ3) is 3.95. The lowest BCUT2D eigenvalue weighted by atomic mass is 10.2. The summed E-state index contributed by atoms with van der Waals surface area (Å²) in [6.07, 6.45) is 1.53. The van der Waals surface area contributed by atoms with Crippen LogP contribution < -0.4 is 10.3 Å². The van der Waals surface area contributed by atoms with Crippen molar-refractivity contribution in [2.45, 2.75) is 6.92 Å². The maximum Gasteiger partial charge on any atom is 0.282 e. The normalized spacial score (nSPS) is 11.3. The topological polar surface area (TPSA) is 56.5 Å². The summed E-state index contributed by atoms with van der Waals surface area (Å²) in [5.74, 6) is 0.867. The number of benzene rings is 3. The van der Waals surface area contributed by atoms with Crippen molar-refractivity contribution in [3.8, 4) is 17.1 Å². The number of hydrogen-bond donors (Lipinski definition) is 0. The molecule has 0 unspecified atom stereocenters. The van der Waals surface area contributed by atoms with Crippen LogP contribution in [0.15, 0.2) is 76.6 Å². The molecule has 0 atom stereocenters. The van der Waals surface area contributed by atoms with E-state index in [1.54, 1.807) is 24.3 Å². The molecule has 7 heteroatoms. The average Bonchev–Trinajstić information content (AvgIpc) is 2.76. The SMILES string of the molecule is CCOc1c(Cl)cc(C=Nn2c(-c3ccccc3)nc3ccccc3c2=O)cc1Cl. The summed E-state index contributed by atoms with van der Waals surface area (Å²) in [5.41, 5.74) is 1.76. The van der Waals surface area contributed by atoms with Crippen molar-refractivity contribution in [1.29, 1.82) is 0 Å². The molecular weight excluding hydrogens is 421 g/mol. The van der Waals surface area contributed by atoms with Crippen LogP contribution in [0.2, 0.25) is 10.0 Å². The van der Waals surface area contributed by atoms with Crippen LogP contribution in [0.25, 0.3) is 22.3 Å². The molecule has 5 nitrogen and oxygen atoms in total. The Morgan fingerprint density at radius 1 is 1.03 bits per heavy atom. The fourth-order valence-electron chi connectivity index (χ4n) is 3.07. The Hall–Kier alpha value is -3.15. The van der Waals surface area contributed by atoms with Gasteiger partial charge in [-0.15, -0.1) is 0 Å². The van der Waals surface area contributed by atoms with Gasteiger partial charge < -0.3 is 4.74 Å². The predicted octanol–water partition coefficient (Wildman–Crippen LogP) is 5.65. The number of para-hydroxylation sites is 1. The molecule has 4 aromatic rings. The lowest BCUT2D eigenvalue weighted by Crippen LogP contribution is -2.20. The molecule has 150 valence electrons. The van der Waals surface area contributed by atoms with Gasteiger partial charge in [-0.1, -0.05) is 65.7 Å². The Bertz CT molecular complexity index is 1280. The van der Waals surface area contributed by atoms with Crippen LogP contribution in [0, 0.1) is 0 Å². The van der Waals surface area contributed by atoms with Gasteiger partial charge in [-0.2, -0.15) is 9.78 Å². The van der Waals surface area contributed by atoms with Gasteiger partial charge in [0.05, 0.1) is 33.8 Å². The third-order valence-electron chi connectivity index (χ3n) is 4.42. The van der Waals surface area contributed by atoms with E-state index in [9.17, 15) is 4.79 Å². The number of rotatable bonds is 5. The van der Waals surface area contributed by atoms with Crippen LogP contribution in [0.3, 0.4) is 0 Å². The molecular formula is C23H17Cl2N3O2. The van der Waals surface area contributed by atoms with Gasteiger partial charge in [-0.25, -0.2) is 4.98 Å². The van der Waals surface area contributed by atoms with E-state index in [-0.39, 0.29) is 5.56 Å². The van der Waals surface area contributed by atoms with Crippen LogP contribution in [-0.2, 0) is 0 Å². The zero-order valence-corrected chi connectivity index (χ0v) is 17.6. The third-order valence-corrected chi connectivity index (χ3v) is 4.98. The van der Waals surface area contributed by atoms with Gasteiger partial charge in [0.25, 0.3) is 5.56 Å². The molecule has 30 heavy (non-hydrogen) atoms. The smallest absolute Gasteiger partial charge is 0.282 e. The highest BCUT2D eigenvalue weighted by Gasteiger charge is 2.13. The summed E-state index contributed by atoms with van der Waals surface area (Å²) in [7, 11) is 0. The number of ether oxygens (including phenoxy) is 1. The Morgan fingerprint density at radius 2 is 1.70 bits per heavy atom. The van der Waals surface area contributed by atoms with Crippen LogP contribution in [0.1, 0.15) is 12.5 Å². The molecule has 0 fully saturated rings.